The van der Waals surface area contributed by atoms with Crippen molar-refractivity contribution in [2.24, 2.45) is 0 Å². The van der Waals surface area contributed by atoms with Gasteiger partial charge >= 0.3 is 6.09 Å². The zero-order chi connectivity index (χ0) is 10.4. The third kappa shape index (κ3) is 2.36. The van der Waals surface area contributed by atoms with Crippen LogP contribution in [0.3, 0.4) is 0 Å². The number of hydrogen-bond acceptors (Lipinski definition) is 2. The predicted octanol–water partition coefficient (Wildman–Crippen LogP) is 2.79. The van der Waals surface area contributed by atoms with Gasteiger partial charge in [-0.1, -0.05) is 24.8 Å². The first kappa shape index (κ1) is 10.3. The van der Waals surface area contributed by atoms with Gasteiger partial charge in [0.2, 0.25) is 0 Å². The minimum Gasteiger partial charge on any atom is -0.449 e. The van der Waals surface area contributed by atoms with E-state index < -0.39 is 6.09 Å². The second kappa shape index (κ2) is 5.07. The van der Waals surface area contributed by atoms with Crippen LogP contribution in [0, 0.1) is 0 Å². The number of nitrogens with zero attached hydrogens (tertiary/aromatic N) is 1. The number of ether oxygens (including phenoxy) is 1. The van der Waals surface area contributed by atoms with Crippen molar-refractivity contribution in [1.82, 2.24) is 0 Å². The molecule has 0 fully saturated rings. The molecule has 0 bridgehead atoms. The van der Waals surface area contributed by atoms with Crippen molar-refractivity contribution in [2.45, 2.75) is 6.92 Å². The van der Waals surface area contributed by atoms with Crippen molar-refractivity contribution in [3.63, 3.8) is 0 Å². The fraction of sp³-hybridized carbons (Fsp3) is 0.182. The molecule has 1 aromatic rings. The Morgan fingerprint density at radius 1 is 1.50 bits per heavy atom. The Hall–Kier alpha value is -1.77. The van der Waals surface area contributed by atoms with Crippen molar-refractivity contribution >= 4 is 11.8 Å². The normalized spacial score (nSPS) is 9.21. The van der Waals surface area contributed by atoms with Crippen LogP contribution in [-0.2, 0) is 4.74 Å². The molecule has 0 atom stereocenters. The summed E-state index contributed by atoms with van der Waals surface area (Å²) in [5.41, 5.74) is 0.751. The van der Waals surface area contributed by atoms with Gasteiger partial charge in [-0.2, -0.15) is 0 Å². The van der Waals surface area contributed by atoms with Crippen molar-refractivity contribution in [2.75, 3.05) is 11.5 Å². The number of rotatable bonds is 3. The highest BCUT2D eigenvalue weighted by Gasteiger charge is 2.12. The van der Waals surface area contributed by atoms with Gasteiger partial charge in [0.15, 0.2) is 0 Å². The first-order chi connectivity index (χ1) is 6.79. The number of amides is 1. The number of carbonyl (C=O) groups excluding carboxylic acids is 1. The van der Waals surface area contributed by atoms with Crippen LogP contribution in [0.25, 0.3) is 0 Å². The second-order valence-electron chi connectivity index (χ2n) is 2.59. The van der Waals surface area contributed by atoms with Crippen LogP contribution < -0.4 is 4.90 Å². The number of benzene rings is 1. The maximum absolute atomic E-state index is 11.4. The zero-order valence-electron chi connectivity index (χ0n) is 8.14. The Bertz CT molecular complexity index is 308. The largest absolute Gasteiger partial charge is 0.449 e. The van der Waals surface area contributed by atoms with E-state index in [0.717, 1.165) is 5.69 Å². The summed E-state index contributed by atoms with van der Waals surface area (Å²) in [5, 5.41) is 0. The molecule has 3 nitrogen and oxygen atoms in total. The summed E-state index contributed by atoms with van der Waals surface area (Å²) in [6.07, 6.45) is 1.03. The average Bonchev–Trinajstić information content (AvgIpc) is 2.21. The van der Waals surface area contributed by atoms with Crippen molar-refractivity contribution in [3.8, 4) is 0 Å². The molecule has 1 rings (SSSR count). The lowest BCUT2D eigenvalue weighted by Crippen LogP contribution is -2.25. The minimum absolute atomic E-state index is 0.357. The molecule has 0 aliphatic rings. The monoisotopic (exact) mass is 191 g/mol. The maximum Gasteiger partial charge on any atom is 0.418 e. The molecule has 0 aliphatic carbocycles. The lowest BCUT2D eigenvalue weighted by molar-refractivity contribution is 0.162. The molecule has 14 heavy (non-hydrogen) atoms. The number of carbonyl (C=O) groups is 1. The standard InChI is InChI=1S/C11H13NO2/c1-3-12(11(13)14-4-2)10-8-6-5-7-9-10/h3,5-9H,1,4H2,2H3. The Balaban J connectivity index is 2.82. The molecule has 0 unspecified atom stereocenters. The summed E-state index contributed by atoms with van der Waals surface area (Å²) in [6.45, 7) is 5.69. The second-order valence-corrected chi connectivity index (χ2v) is 2.59. The molecule has 0 spiro atoms. The summed E-state index contributed by atoms with van der Waals surface area (Å²) in [5.74, 6) is 0. The summed E-state index contributed by atoms with van der Waals surface area (Å²) in [6, 6.07) is 9.23. The van der Waals surface area contributed by atoms with E-state index in [9.17, 15) is 4.79 Å². The van der Waals surface area contributed by atoms with Gasteiger partial charge in [0, 0.05) is 6.20 Å². The van der Waals surface area contributed by atoms with Gasteiger partial charge in [0.25, 0.3) is 0 Å². The van der Waals surface area contributed by atoms with Crippen molar-refractivity contribution < 1.29 is 9.53 Å². The molecule has 0 aliphatic heterocycles. The van der Waals surface area contributed by atoms with Gasteiger partial charge in [0.05, 0.1) is 12.3 Å². The van der Waals surface area contributed by atoms with Crippen molar-refractivity contribution in [3.05, 3.63) is 43.1 Å². The molecular formula is C11H13NO2. The van der Waals surface area contributed by atoms with Crippen molar-refractivity contribution in [1.29, 1.82) is 0 Å². The molecule has 1 amide bonds. The van der Waals surface area contributed by atoms with E-state index in [1.807, 2.05) is 30.3 Å². The highest BCUT2D eigenvalue weighted by Crippen LogP contribution is 2.14. The summed E-state index contributed by atoms with van der Waals surface area (Å²) in [7, 11) is 0. The predicted molar refractivity (Wildman–Crippen MR) is 56.1 cm³/mol. The van der Waals surface area contributed by atoms with E-state index >= 15 is 0 Å². The maximum atomic E-state index is 11.4. The number of para-hydroxylation sites is 1. The molecule has 3 heteroatoms. The Kier molecular flexibility index (Phi) is 3.73. The summed E-state index contributed by atoms with van der Waals surface area (Å²) in [4.78, 5) is 12.8. The molecule has 74 valence electrons. The first-order valence-electron chi connectivity index (χ1n) is 4.43. The van der Waals surface area contributed by atoms with E-state index in [4.69, 9.17) is 4.74 Å². The SMILES string of the molecule is C=CN(C(=O)OCC)c1ccccc1. The number of anilines is 1. The van der Waals surface area contributed by atoms with Crippen LogP contribution in [0.4, 0.5) is 10.5 Å². The lowest BCUT2D eigenvalue weighted by Gasteiger charge is -2.16. The van der Waals surface area contributed by atoms with E-state index in [2.05, 4.69) is 6.58 Å². The fourth-order valence-electron chi connectivity index (χ4n) is 1.07. The van der Waals surface area contributed by atoms with Crippen LogP contribution in [-0.4, -0.2) is 12.7 Å². The Labute approximate surface area is 83.6 Å². The van der Waals surface area contributed by atoms with Gasteiger partial charge in [-0.15, -0.1) is 0 Å². The average molecular weight is 191 g/mol. The van der Waals surface area contributed by atoms with Crippen LogP contribution >= 0.6 is 0 Å². The lowest BCUT2D eigenvalue weighted by atomic mass is 10.3. The zero-order valence-corrected chi connectivity index (χ0v) is 8.14. The van der Waals surface area contributed by atoms with Gasteiger partial charge in [-0.05, 0) is 19.1 Å². The van der Waals surface area contributed by atoms with Gasteiger partial charge in [-0.3, -0.25) is 4.90 Å². The quantitative estimate of drug-likeness (QED) is 0.735. The van der Waals surface area contributed by atoms with Crippen LogP contribution in [0.2, 0.25) is 0 Å². The van der Waals surface area contributed by atoms with Crippen LogP contribution in [0.5, 0.6) is 0 Å². The van der Waals surface area contributed by atoms with Crippen LogP contribution in [0.15, 0.2) is 43.1 Å². The molecule has 0 aromatic heterocycles. The van der Waals surface area contributed by atoms with Gasteiger partial charge in [0.1, 0.15) is 0 Å². The Morgan fingerprint density at radius 3 is 2.64 bits per heavy atom. The van der Waals surface area contributed by atoms with E-state index in [0.29, 0.717) is 6.61 Å². The van der Waals surface area contributed by atoms with Gasteiger partial charge < -0.3 is 4.74 Å². The highest BCUT2D eigenvalue weighted by molar-refractivity contribution is 5.89. The Morgan fingerprint density at radius 2 is 2.14 bits per heavy atom. The highest BCUT2D eigenvalue weighted by atomic mass is 16.6. The summed E-state index contributed by atoms with van der Waals surface area (Å²) < 4.78 is 4.87. The molecule has 0 saturated carbocycles. The molecule has 1 aromatic carbocycles. The van der Waals surface area contributed by atoms with Crippen LogP contribution in [0.1, 0.15) is 6.92 Å². The molecule has 0 N–H and O–H groups in total. The smallest absolute Gasteiger partial charge is 0.418 e. The fourth-order valence-corrected chi connectivity index (χ4v) is 1.07. The minimum atomic E-state index is -0.409. The molecule has 0 heterocycles. The first-order valence-corrected chi connectivity index (χ1v) is 4.43. The third-order valence-corrected chi connectivity index (χ3v) is 1.68. The van der Waals surface area contributed by atoms with E-state index in [-0.39, 0.29) is 0 Å². The topological polar surface area (TPSA) is 29.5 Å². The molecule has 0 saturated heterocycles. The van der Waals surface area contributed by atoms with E-state index in [1.54, 1.807) is 6.92 Å². The van der Waals surface area contributed by atoms with Gasteiger partial charge in [-0.25, -0.2) is 4.79 Å². The van der Waals surface area contributed by atoms with E-state index in [1.165, 1.54) is 11.1 Å². The molecular weight excluding hydrogens is 178 g/mol. The number of hydrogen-bond donors (Lipinski definition) is 0. The third-order valence-electron chi connectivity index (χ3n) is 1.68. The summed E-state index contributed by atoms with van der Waals surface area (Å²) >= 11 is 0. The molecule has 0 radical (unpaired) electrons.